The molecule has 0 saturated heterocycles. The predicted octanol–water partition coefficient (Wildman–Crippen LogP) is 3.16. The van der Waals surface area contributed by atoms with E-state index in [1.807, 2.05) is 7.11 Å². The van der Waals surface area contributed by atoms with Crippen LogP contribution in [-0.4, -0.2) is 18.8 Å². The smallest absolute Gasteiger partial charge is 0.0696 e. The molecule has 2 heteroatoms. The van der Waals surface area contributed by atoms with Crippen LogP contribution in [0, 0.1) is 0 Å². The molecule has 0 aromatic carbocycles. The maximum Gasteiger partial charge on any atom is 0.0696 e. The molecule has 1 saturated carbocycles. The first-order valence-corrected chi connectivity index (χ1v) is 6.75. The van der Waals surface area contributed by atoms with Crippen molar-refractivity contribution >= 4 is 0 Å². The Morgan fingerprint density at radius 2 is 2.12 bits per heavy atom. The van der Waals surface area contributed by atoms with Gasteiger partial charge in [-0.25, -0.2) is 0 Å². The summed E-state index contributed by atoms with van der Waals surface area (Å²) >= 11 is 0. The van der Waals surface area contributed by atoms with E-state index in [-0.39, 0.29) is 11.6 Å². The van der Waals surface area contributed by atoms with Gasteiger partial charge in [0.15, 0.2) is 0 Å². The number of allylic oxidation sites excluding steroid dienone is 1. The summed E-state index contributed by atoms with van der Waals surface area (Å²) < 4.78 is 5.66. The second-order valence-electron chi connectivity index (χ2n) is 5.43. The molecule has 0 aliphatic heterocycles. The number of ether oxygens (including phenoxy) is 1. The molecule has 2 nitrogen and oxygen atoms in total. The summed E-state index contributed by atoms with van der Waals surface area (Å²) in [5, 5.41) is 0. The summed E-state index contributed by atoms with van der Waals surface area (Å²) in [6, 6.07) is 0.235. The Balaban J connectivity index is 1.90. The van der Waals surface area contributed by atoms with E-state index >= 15 is 0 Å². The molecule has 2 N–H and O–H groups in total. The van der Waals surface area contributed by atoms with Crippen LogP contribution in [0.4, 0.5) is 0 Å². The van der Waals surface area contributed by atoms with E-state index in [1.165, 1.54) is 56.9 Å². The zero-order valence-corrected chi connectivity index (χ0v) is 10.5. The van der Waals surface area contributed by atoms with Gasteiger partial charge in [-0.1, -0.05) is 18.1 Å². The third kappa shape index (κ3) is 2.67. The molecule has 1 atom stereocenters. The molecule has 16 heavy (non-hydrogen) atoms. The largest absolute Gasteiger partial charge is 0.378 e. The highest BCUT2D eigenvalue weighted by molar-refractivity contribution is 5.13. The van der Waals surface area contributed by atoms with E-state index in [2.05, 4.69) is 6.08 Å². The van der Waals surface area contributed by atoms with Gasteiger partial charge in [0.05, 0.1) is 5.60 Å². The monoisotopic (exact) mass is 223 g/mol. The number of hydrogen-bond acceptors (Lipinski definition) is 2. The van der Waals surface area contributed by atoms with Gasteiger partial charge in [0.2, 0.25) is 0 Å². The van der Waals surface area contributed by atoms with Crippen molar-refractivity contribution in [3.63, 3.8) is 0 Å². The molecular weight excluding hydrogens is 198 g/mol. The summed E-state index contributed by atoms with van der Waals surface area (Å²) in [5.74, 6) is 0. The third-order valence-corrected chi connectivity index (χ3v) is 4.34. The Morgan fingerprint density at radius 1 is 1.31 bits per heavy atom. The lowest BCUT2D eigenvalue weighted by atomic mass is 9.74. The highest BCUT2D eigenvalue weighted by Gasteiger charge is 2.38. The van der Waals surface area contributed by atoms with Gasteiger partial charge in [0, 0.05) is 13.2 Å². The molecule has 0 amide bonds. The fourth-order valence-electron chi connectivity index (χ4n) is 2.97. The third-order valence-electron chi connectivity index (χ3n) is 4.34. The van der Waals surface area contributed by atoms with E-state index in [9.17, 15) is 0 Å². The van der Waals surface area contributed by atoms with Gasteiger partial charge in [0.1, 0.15) is 0 Å². The molecule has 0 spiro atoms. The Labute approximate surface area is 99.2 Å². The molecule has 0 aromatic rings. The van der Waals surface area contributed by atoms with Crippen LogP contribution >= 0.6 is 0 Å². The summed E-state index contributed by atoms with van der Waals surface area (Å²) in [4.78, 5) is 0. The van der Waals surface area contributed by atoms with Crippen LogP contribution in [0.5, 0.6) is 0 Å². The minimum atomic E-state index is 0.118. The van der Waals surface area contributed by atoms with Crippen LogP contribution in [0.25, 0.3) is 0 Å². The van der Waals surface area contributed by atoms with Crippen LogP contribution in [0.2, 0.25) is 0 Å². The number of hydrogen-bond donors (Lipinski definition) is 1. The van der Waals surface area contributed by atoms with Crippen molar-refractivity contribution < 1.29 is 4.74 Å². The van der Waals surface area contributed by atoms with E-state index in [4.69, 9.17) is 10.5 Å². The van der Waals surface area contributed by atoms with Crippen molar-refractivity contribution in [3.05, 3.63) is 11.6 Å². The summed E-state index contributed by atoms with van der Waals surface area (Å²) in [5.41, 5.74) is 7.95. The first kappa shape index (κ1) is 12.1. The molecule has 1 fully saturated rings. The lowest BCUT2D eigenvalue weighted by Gasteiger charge is -2.42. The summed E-state index contributed by atoms with van der Waals surface area (Å²) in [7, 11) is 1.84. The molecule has 0 bridgehead atoms. The Bertz CT molecular complexity index is 250. The molecule has 0 heterocycles. The van der Waals surface area contributed by atoms with E-state index < -0.39 is 0 Å². The van der Waals surface area contributed by atoms with Gasteiger partial charge in [-0.2, -0.15) is 0 Å². The highest BCUT2D eigenvalue weighted by atomic mass is 16.5. The van der Waals surface area contributed by atoms with E-state index in [1.54, 1.807) is 0 Å². The van der Waals surface area contributed by atoms with Crippen LogP contribution in [0.1, 0.15) is 57.8 Å². The van der Waals surface area contributed by atoms with Gasteiger partial charge >= 0.3 is 0 Å². The van der Waals surface area contributed by atoms with Crippen LogP contribution < -0.4 is 5.73 Å². The minimum absolute atomic E-state index is 0.118. The quantitative estimate of drug-likeness (QED) is 0.743. The zero-order valence-electron chi connectivity index (χ0n) is 10.5. The number of methoxy groups -OCH3 is 1. The summed E-state index contributed by atoms with van der Waals surface area (Å²) in [6.45, 7) is 0. The SMILES string of the molecule is COC1(CC(N)C2=CCCCCC2)CCC1. The van der Waals surface area contributed by atoms with E-state index in [0.29, 0.717) is 0 Å². The molecule has 0 radical (unpaired) electrons. The van der Waals surface area contributed by atoms with Crippen molar-refractivity contribution in [2.24, 2.45) is 5.73 Å². The van der Waals surface area contributed by atoms with Crippen molar-refractivity contribution in [3.8, 4) is 0 Å². The molecule has 2 aliphatic carbocycles. The topological polar surface area (TPSA) is 35.2 Å². The van der Waals surface area contributed by atoms with Gasteiger partial charge < -0.3 is 10.5 Å². The standard InChI is InChI=1S/C14H25NO/c1-16-14(9-6-10-14)11-13(15)12-7-4-2-3-5-8-12/h7,13H,2-6,8-11,15H2,1H3. The van der Waals surface area contributed by atoms with Crippen LogP contribution in [-0.2, 0) is 4.74 Å². The fourth-order valence-corrected chi connectivity index (χ4v) is 2.97. The van der Waals surface area contributed by atoms with Crippen LogP contribution in [0.15, 0.2) is 11.6 Å². The molecule has 2 aliphatic rings. The van der Waals surface area contributed by atoms with Crippen molar-refractivity contribution in [2.45, 2.75) is 69.4 Å². The number of rotatable bonds is 4. The normalized spacial score (nSPS) is 26.5. The van der Waals surface area contributed by atoms with Crippen LogP contribution in [0.3, 0.4) is 0 Å². The first-order valence-electron chi connectivity index (χ1n) is 6.75. The maximum absolute atomic E-state index is 6.34. The van der Waals surface area contributed by atoms with Gasteiger partial charge in [-0.15, -0.1) is 0 Å². The van der Waals surface area contributed by atoms with Gasteiger partial charge in [0.25, 0.3) is 0 Å². The second-order valence-corrected chi connectivity index (χ2v) is 5.43. The first-order chi connectivity index (χ1) is 7.76. The summed E-state index contributed by atoms with van der Waals surface area (Å²) in [6.07, 6.45) is 13.6. The Morgan fingerprint density at radius 3 is 2.75 bits per heavy atom. The lowest BCUT2D eigenvalue weighted by molar-refractivity contribution is -0.0797. The second kappa shape index (κ2) is 5.33. The van der Waals surface area contributed by atoms with E-state index in [0.717, 1.165) is 6.42 Å². The predicted molar refractivity (Wildman–Crippen MR) is 67.4 cm³/mol. The molecule has 2 rings (SSSR count). The Hall–Kier alpha value is -0.340. The molecule has 92 valence electrons. The molecule has 0 aromatic heterocycles. The van der Waals surface area contributed by atoms with Crippen molar-refractivity contribution in [1.82, 2.24) is 0 Å². The van der Waals surface area contributed by atoms with Gasteiger partial charge in [-0.3, -0.25) is 0 Å². The van der Waals surface area contributed by atoms with Crippen molar-refractivity contribution in [2.75, 3.05) is 7.11 Å². The Kier molecular flexibility index (Phi) is 4.04. The minimum Gasteiger partial charge on any atom is -0.378 e. The zero-order chi connectivity index (χ0) is 11.4. The van der Waals surface area contributed by atoms with Gasteiger partial charge in [-0.05, 0) is 51.4 Å². The molecule has 1 unspecified atom stereocenters. The molecular formula is C14H25NO. The highest BCUT2D eigenvalue weighted by Crippen LogP contribution is 2.40. The average Bonchev–Trinajstić information content (AvgIpc) is 2.51. The lowest BCUT2D eigenvalue weighted by Crippen LogP contribution is -2.44. The fraction of sp³-hybridized carbons (Fsp3) is 0.857. The van der Waals surface area contributed by atoms with Crippen molar-refractivity contribution in [1.29, 1.82) is 0 Å². The average molecular weight is 223 g/mol. The maximum atomic E-state index is 6.34. The number of nitrogens with two attached hydrogens (primary N) is 1.